The molecule has 1 aromatic rings. The second kappa shape index (κ2) is 10.7. The maximum atomic E-state index is 13.8. The van der Waals surface area contributed by atoms with Crippen LogP contribution in [-0.2, 0) is 9.59 Å². The average Bonchev–Trinajstić information content (AvgIpc) is 3.03. The van der Waals surface area contributed by atoms with Crippen molar-refractivity contribution in [1.29, 1.82) is 0 Å². The molecule has 1 saturated heterocycles. The number of aliphatic imine (C=N–C) groups is 1. The van der Waals surface area contributed by atoms with Crippen LogP contribution in [0, 0.1) is 5.92 Å². The van der Waals surface area contributed by atoms with E-state index in [-0.39, 0.29) is 51.5 Å². The fraction of sp³-hybridized carbons (Fsp3) is 0.556. The molecule has 1 fully saturated rings. The molecular formula is C27H33ClN2O7. The van der Waals surface area contributed by atoms with E-state index >= 15 is 0 Å². The van der Waals surface area contributed by atoms with E-state index in [1.165, 1.54) is 20.3 Å². The van der Waals surface area contributed by atoms with Crippen LogP contribution in [0.2, 0.25) is 5.02 Å². The highest BCUT2D eigenvalue weighted by Gasteiger charge is 2.61. The summed E-state index contributed by atoms with van der Waals surface area (Å²) in [7, 11) is 2.84. The predicted octanol–water partition coefficient (Wildman–Crippen LogP) is 4.35. The highest BCUT2D eigenvalue weighted by Crippen LogP contribution is 2.54. The molecule has 0 aromatic heterocycles. The summed E-state index contributed by atoms with van der Waals surface area (Å²) in [5.41, 5.74) is -1.44. The number of Topliss-reactive ketones (excluding diaryl/α,β-unsaturated/α-hetero) is 2. The Morgan fingerprint density at radius 2 is 1.95 bits per heavy atom. The van der Waals surface area contributed by atoms with Gasteiger partial charge in [-0.1, -0.05) is 24.9 Å². The van der Waals surface area contributed by atoms with Crippen LogP contribution in [0.15, 0.2) is 22.4 Å². The van der Waals surface area contributed by atoms with Gasteiger partial charge in [-0.2, -0.15) is 0 Å². The Balaban J connectivity index is 1.63. The zero-order chi connectivity index (χ0) is 26.9. The fourth-order valence-electron chi connectivity index (χ4n) is 5.39. The molecule has 4 rings (SSSR count). The SMILES string of the molecule is COc1cc(OC)c2c(c1Cl)O[C@]1(C2=O)C(O)=C(C(C)=NCCCN2CCCCCC2=O)C(=O)C[C@H]1C. The molecule has 0 radical (unpaired) electrons. The Labute approximate surface area is 221 Å². The standard InChI is InChI=1S/C27H33ClN2O7/c1-15-13-17(31)21(16(2)29-10-8-12-30-11-7-5-6-9-20(30)32)25(33)27(15)26(34)22-18(35-3)14-19(36-4)23(28)24(22)37-27/h14-15,33H,5-13H2,1-4H3/t15-,27+/m1/s1. The lowest BCUT2D eigenvalue weighted by molar-refractivity contribution is -0.130. The highest BCUT2D eigenvalue weighted by molar-refractivity contribution is 6.35. The largest absolute Gasteiger partial charge is 0.507 e. The molecule has 0 unspecified atom stereocenters. The molecular weight excluding hydrogens is 500 g/mol. The number of ether oxygens (including phenoxy) is 3. The van der Waals surface area contributed by atoms with Crippen LogP contribution in [-0.4, -0.2) is 72.6 Å². The van der Waals surface area contributed by atoms with Gasteiger partial charge < -0.3 is 24.2 Å². The van der Waals surface area contributed by atoms with Crippen LogP contribution in [0.25, 0.3) is 0 Å². The number of carbonyl (C=O) groups is 3. The average molecular weight is 533 g/mol. The first-order valence-corrected chi connectivity index (χ1v) is 13.0. The number of hydrogen-bond donors (Lipinski definition) is 1. The molecule has 1 aliphatic carbocycles. The van der Waals surface area contributed by atoms with Crippen molar-refractivity contribution < 1.29 is 33.7 Å². The number of fused-ring (bicyclic) bond motifs is 1. The van der Waals surface area contributed by atoms with Gasteiger partial charge in [-0.15, -0.1) is 0 Å². The summed E-state index contributed by atoms with van der Waals surface area (Å²) in [4.78, 5) is 45.4. The molecule has 1 aromatic carbocycles. The minimum absolute atomic E-state index is 0.0211. The molecule has 2 aliphatic heterocycles. The van der Waals surface area contributed by atoms with Crippen molar-refractivity contribution in [3.63, 3.8) is 0 Å². The van der Waals surface area contributed by atoms with Gasteiger partial charge in [0.1, 0.15) is 22.1 Å². The van der Waals surface area contributed by atoms with Gasteiger partial charge in [-0.3, -0.25) is 19.4 Å². The van der Waals surface area contributed by atoms with Gasteiger partial charge in [-0.25, -0.2) is 0 Å². The maximum Gasteiger partial charge on any atom is 0.231 e. The number of aliphatic hydroxyl groups excluding tert-OH is 1. The monoisotopic (exact) mass is 532 g/mol. The third kappa shape index (κ3) is 4.58. The van der Waals surface area contributed by atoms with Crippen LogP contribution in [0.4, 0.5) is 0 Å². The molecule has 3 aliphatic rings. The number of ketones is 2. The van der Waals surface area contributed by atoms with E-state index < -0.39 is 23.1 Å². The number of likely N-dealkylation sites (tertiary alicyclic amines) is 1. The number of methoxy groups -OCH3 is 2. The number of carbonyl (C=O) groups excluding carboxylic acids is 3. The minimum atomic E-state index is -1.83. The van der Waals surface area contributed by atoms with Crippen LogP contribution >= 0.6 is 11.6 Å². The number of aliphatic hydroxyl groups is 1. The maximum absolute atomic E-state index is 13.8. The first-order chi connectivity index (χ1) is 17.7. The van der Waals surface area contributed by atoms with Gasteiger partial charge in [0.25, 0.3) is 0 Å². The molecule has 2 atom stereocenters. The quantitative estimate of drug-likeness (QED) is 0.410. The number of allylic oxidation sites excluding steroid dienone is 1. The zero-order valence-electron chi connectivity index (χ0n) is 21.7. The predicted molar refractivity (Wildman–Crippen MR) is 138 cm³/mol. The van der Waals surface area contributed by atoms with Gasteiger partial charge in [-0.05, 0) is 26.2 Å². The number of hydrogen-bond acceptors (Lipinski definition) is 8. The van der Waals surface area contributed by atoms with Crippen molar-refractivity contribution in [3.05, 3.63) is 28.0 Å². The first-order valence-electron chi connectivity index (χ1n) is 12.6. The minimum Gasteiger partial charge on any atom is -0.507 e. The second-order valence-electron chi connectivity index (χ2n) is 9.73. The smallest absolute Gasteiger partial charge is 0.231 e. The Hall–Kier alpha value is -3.07. The van der Waals surface area contributed by atoms with E-state index in [4.69, 9.17) is 25.8 Å². The second-order valence-corrected chi connectivity index (χ2v) is 10.1. The Morgan fingerprint density at radius 1 is 1.22 bits per heavy atom. The Kier molecular flexibility index (Phi) is 7.83. The number of amides is 1. The lowest BCUT2D eigenvalue weighted by Gasteiger charge is -2.37. The molecule has 10 heteroatoms. The molecule has 37 heavy (non-hydrogen) atoms. The van der Waals surface area contributed by atoms with Gasteiger partial charge in [0, 0.05) is 50.2 Å². The lowest BCUT2D eigenvalue weighted by Crippen LogP contribution is -2.53. The van der Waals surface area contributed by atoms with Gasteiger partial charge >= 0.3 is 0 Å². The Bertz CT molecular complexity index is 1190. The number of halogens is 1. The van der Waals surface area contributed by atoms with E-state index in [1.807, 2.05) is 4.90 Å². The third-order valence-corrected chi connectivity index (χ3v) is 7.80. The van der Waals surface area contributed by atoms with Gasteiger partial charge in [0.05, 0.1) is 19.8 Å². The van der Waals surface area contributed by atoms with Crippen LogP contribution < -0.4 is 14.2 Å². The summed E-state index contributed by atoms with van der Waals surface area (Å²) in [6.07, 6.45) is 4.17. The summed E-state index contributed by atoms with van der Waals surface area (Å²) >= 11 is 6.47. The van der Waals surface area contributed by atoms with Crippen LogP contribution in [0.5, 0.6) is 17.2 Å². The third-order valence-electron chi connectivity index (χ3n) is 7.44. The topological polar surface area (TPSA) is 115 Å². The molecule has 1 amide bonds. The Morgan fingerprint density at radius 3 is 2.65 bits per heavy atom. The van der Waals surface area contributed by atoms with Crippen molar-refractivity contribution in [1.82, 2.24) is 4.90 Å². The van der Waals surface area contributed by atoms with Crippen molar-refractivity contribution in [2.75, 3.05) is 33.9 Å². The molecule has 2 heterocycles. The van der Waals surface area contributed by atoms with Crippen molar-refractivity contribution in [2.24, 2.45) is 10.9 Å². The molecule has 9 nitrogen and oxygen atoms in total. The molecule has 0 saturated carbocycles. The van der Waals surface area contributed by atoms with Crippen molar-refractivity contribution in [3.8, 4) is 17.2 Å². The summed E-state index contributed by atoms with van der Waals surface area (Å²) in [6.45, 7) is 5.02. The number of nitrogens with zero attached hydrogens (tertiary/aromatic N) is 2. The van der Waals surface area contributed by atoms with Crippen LogP contribution in [0.3, 0.4) is 0 Å². The molecule has 200 valence electrons. The van der Waals surface area contributed by atoms with Crippen molar-refractivity contribution >= 4 is 34.8 Å². The normalized spacial score (nSPS) is 24.4. The number of benzene rings is 1. The first kappa shape index (κ1) is 27.0. The fourth-order valence-corrected chi connectivity index (χ4v) is 5.66. The molecule has 0 bridgehead atoms. The molecule has 1 spiro atoms. The number of rotatable bonds is 7. The van der Waals surface area contributed by atoms with Gasteiger partial charge in [0.15, 0.2) is 17.3 Å². The summed E-state index contributed by atoms with van der Waals surface area (Å²) < 4.78 is 16.8. The van der Waals surface area contributed by atoms with E-state index in [9.17, 15) is 19.5 Å². The van der Waals surface area contributed by atoms with Gasteiger partial charge in [0.2, 0.25) is 17.3 Å². The zero-order valence-corrected chi connectivity index (χ0v) is 22.4. The summed E-state index contributed by atoms with van der Waals surface area (Å²) in [5, 5.41) is 11.5. The highest BCUT2D eigenvalue weighted by atomic mass is 35.5. The van der Waals surface area contributed by atoms with E-state index in [0.29, 0.717) is 31.6 Å². The van der Waals surface area contributed by atoms with E-state index in [1.54, 1.807) is 13.8 Å². The molecule has 1 N–H and O–H groups in total. The van der Waals surface area contributed by atoms with Crippen molar-refractivity contribution in [2.45, 2.75) is 58.0 Å². The van der Waals surface area contributed by atoms with E-state index in [2.05, 4.69) is 4.99 Å². The summed E-state index contributed by atoms with van der Waals surface area (Å²) in [5.74, 6) is -1.33. The van der Waals surface area contributed by atoms with E-state index in [0.717, 1.165) is 25.8 Å². The summed E-state index contributed by atoms with van der Waals surface area (Å²) in [6, 6.07) is 1.49. The van der Waals surface area contributed by atoms with Crippen LogP contribution in [0.1, 0.15) is 62.7 Å². The lowest BCUT2D eigenvalue weighted by atomic mass is 9.72.